The molecular formula is C17H25N5OS. The van der Waals surface area contributed by atoms with E-state index in [-0.39, 0.29) is 22.6 Å². The highest BCUT2D eigenvalue weighted by atomic mass is 32.2. The van der Waals surface area contributed by atoms with Crippen LogP contribution < -0.4 is 5.32 Å². The van der Waals surface area contributed by atoms with Gasteiger partial charge in [-0.05, 0) is 25.0 Å². The number of H-pyrrole nitrogens is 1. The summed E-state index contributed by atoms with van der Waals surface area (Å²) in [5.74, 6) is 1.37. The second kappa shape index (κ2) is 7.34. The monoisotopic (exact) mass is 347 g/mol. The van der Waals surface area contributed by atoms with Gasteiger partial charge in [-0.25, -0.2) is 9.97 Å². The normalized spacial score (nSPS) is 13.1. The number of hydrogen-bond donors (Lipinski definition) is 2. The molecule has 0 saturated carbocycles. The van der Waals surface area contributed by atoms with E-state index in [1.165, 1.54) is 0 Å². The van der Waals surface area contributed by atoms with E-state index in [1.807, 2.05) is 26.8 Å². The van der Waals surface area contributed by atoms with Crippen LogP contribution in [0, 0.1) is 12.8 Å². The zero-order chi connectivity index (χ0) is 17.9. The van der Waals surface area contributed by atoms with E-state index < -0.39 is 0 Å². The first-order valence-corrected chi connectivity index (χ1v) is 8.82. The lowest BCUT2D eigenvalue weighted by Gasteiger charge is -2.20. The molecule has 2 heterocycles. The van der Waals surface area contributed by atoms with Crippen molar-refractivity contribution in [2.75, 3.05) is 0 Å². The molecule has 0 saturated heterocycles. The van der Waals surface area contributed by atoms with Crippen molar-refractivity contribution < 1.29 is 4.79 Å². The van der Waals surface area contributed by atoms with Gasteiger partial charge in [0.2, 0.25) is 0 Å². The Morgan fingerprint density at radius 3 is 2.58 bits per heavy atom. The van der Waals surface area contributed by atoms with Gasteiger partial charge in [-0.15, -0.1) is 11.8 Å². The number of carbonyl (C=O) groups excluding carboxylic acids is 1. The molecule has 0 unspecified atom stereocenters. The van der Waals surface area contributed by atoms with Crippen LogP contribution in [0.5, 0.6) is 0 Å². The lowest BCUT2D eigenvalue weighted by molar-refractivity contribution is 0.0922. The van der Waals surface area contributed by atoms with Crippen LogP contribution in [0.4, 0.5) is 0 Å². The van der Waals surface area contributed by atoms with Gasteiger partial charge in [0.05, 0.1) is 11.1 Å². The van der Waals surface area contributed by atoms with Gasteiger partial charge in [-0.3, -0.25) is 9.89 Å². The number of nitrogens with one attached hydrogen (secondary N) is 2. The number of carbonyl (C=O) groups is 1. The number of hydrogen-bond acceptors (Lipinski definition) is 5. The Bertz CT molecular complexity index is 705. The molecule has 2 aromatic heterocycles. The third kappa shape index (κ3) is 5.06. The SMILES string of the molecule is Cc1nc([C@H](NC(=O)c2ccnc(SC(C)(C)C)c2)C(C)C)n[nH]1. The van der Waals surface area contributed by atoms with Gasteiger partial charge in [0.15, 0.2) is 5.82 Å². The molecule has 6 nitrogen and oxygen atoms in total. The summed E-state index contributed by atoms with van der Waals surface area (Å²) in [6, 6.07) is 3.31. The van der Waals surface area contributed by atoms with E-state index >= 15 is 0 Å². The number of aryl methyl sites for hydroxylation is 1. The Labute approximate surface area is 147 Å². The minimum absolute atomic E-state index is 0.0407. The van der Waals surface area contributed by atoms with E-state index in [0.717, 1.165) is 10.9 Å². The van der Waals surface area contributed by atoms with Gasteiger partial charge in [-0.1, -0.05) is 34.6 Å². The maximum absolute atomic E-state index is 12.6. The van der Waals surface area contributed by atoms with Gasteiger partial charge < -0.3 is 5.32 Å². The molecule has 0 aliphatic carbocycles. The highest BCUT2D eigenvalue weighted by molar-refractivity contribution is 8.00. The number of rotatable bonds is 5. The first-order chi connectivity index (χ1) is 11.2. The van der Waals surface area contributed by atoms with Crippen molar-refractivity contribution in [3.63, 3.8) is 0 Å². The zero-order valence-electron chi connectivity index (χ0n) is 15.0. The number of pyridine rings is 1. The molecule has 0 aliphatic rings. The maximum atomic E-state index is 12.6. The largest absolute Gasteiger partial charge is 0.342 e. The van der Waals surface area contributed by atoms with Crippen molar-refractivity contribution in [1.29, 1.82) is 0 Å². The molecule has 2 aromatic rings. The molecule has 7 heteroatoms. The Morgan fingerprint density at radius 2 is 2.04 bits per heavy atom. The Kier molecular flexibility index (Phi) is 5.64. The summed E-state index contributed by atoms with van der Waals surface area (Å²) in [5, 5.41) is 10.9. The summed E-state index contributed by atoms with van der Waals surface area (Å²) < 4.78 is 0.0407. The molecule has 0 aliphatic heterocycles. The second-order valence-corrected chi connectivity index (χ2v) is 8.92. The van der Waals surface area contributed by atoms with Gasteiger partial charge in [0, 0.05) is 16.5 Å². The molecular weight excluding hydrogens is 322 g/mol. The average Bonchev–Trinajstić information content (AvgIpc) is 2.88. The molecule has 130 valence electrons. The van der Waals surface area contributed by atoms with E-state index in [2.05, 4.69) is 46.3 Å². The van der Waals surface area contributed by atoms with Crippen LogP contribution in [-0.4, -0.2) is 30.8 Å². The summed E-state index contributed by atoms with van der Waals surface area (Å²) >= 11 is 1.64. The van der Waals surface area contributed by atoms with Crippen molar-refractivity contribution in [2.45, 2.75) is 57.4 Å². The molecule has 1 amide bonds. The smallest absolute Gasteiger partial charge is 0.252 e. The maximum Gasteiger partial charge on any atom is 0.252 e. The van der Waals surface area contributed by atoms with Gasteiger partial charge in [0.1, 0.15) is 5.82 Å². The summed E-state index contributed by atoms with van der Waals surface area (Å²) in [4.78, 5) is 21.3. The van der Waals surface area contributed by atoms with Crippen LogP contribution in [0.3, 0.4) is 0 Å². The van der Waals surface area contributed by atoms with Gasteiger partial charge in [0.25, 0.3) is 5.91 Å². The van der Waals surface area contributed by atoms with E-state index in [0.29, 0.717) is 11.4 Å². The minimum Gasteiger partial charge on any atom is -0.342 e. The predicted octanol–water partition coefficient (Wildman–Crippen LogP) is 3.53. The zero-order valence-corrected chi connectivity index (χ0v) is 15.9. The number of aromatic amines is 1. The van der Waals surface area contributed by atoms with Crippen molar-refractivity contribution >= 4 is 17.7 Å². The molecule has 24 heavy (non-hydrogen) atoms. The van der Waals surface area contributed by atoms with Crippen LogP contribution in [0.15, 0.2) is 23.4 Å². The van der Waals surface area contributed by atoms with Crippen LogP contribution in [0.2, 0.25) is 0 Å². The average molecular weight is 347 g/mol. The molecule has 0 radical (unpaired) electrons. The number of amides is 1. The molecule has 2 N–H and O–H groups in total. The Balaban J connectivity index is 2.17. The fraction of sp³-hybridized carbons (Fsp3) is 0.529. The molecule has 0 bridgehead atoms. The molecule has 0 spiro atoms. The first-order valence-electron chi connectivity index (χ1n) is 8.00. The van der Waals surface area contributed by atoms with E-state index in [9.17, 15) is 4.79 Å². The summed E-state index contributed by atoms with van der Waals surface area (Å²) in [5.41, 5.74) is 0.592. The Hall–Kier alpha value is -1.89. The standard InChI is InChI=1S/C17H25N5OS/c1-10(2)14(15-19-11(3)21-22-15)20-16(23)12-7-8-18-13(9-12)24-17(4,5)6/h7-10,14H,1-6H3,(H,20,23)(H,19,21,22)/t14-/m1/s1. The number of aromatic nitrogens is 4. The molecule has 0 aromatic carbocycles. The fourth-order valence-corrected chi connectivity index (χ4v) is 3.10. The van der Waals surface area contributed by atoms with E-state index in [1.54, 1.807) is 24.0 Å². The first kappa shape index (κ1) is 18.4. The molecule has 1 atom stereocenters. The third-order valence-electron chi connectivity index (χ3n) is 3.25. The van der Waals surface area contributed by atoms with Crippen LogP contribution in [0.1, 0.15) is 62.7 Å². The summed E-state index contributed by atoms with van der Waals surface area (Å²) in [7, 11) is 0. The minimum atomic E-state index is -0.241. The van der Waals surface area contributed by atoms with Gasteiger partial charge in [-0.2, -0.15) is 5.10 Å². The van der Waals surface area contributed by atoms with Crippen molar-refractivity contribution in [2.24, 2.45) is 5.92 Å². The summed E-state index contributed by atoms with van der Waals surface area (Å²) in [6.45, 7) is 12.3. The van der Waals surface area contributed by atoms with Crippen LogP contribution in [0.25, 0.3) is 0 Å². The molecule has 2 rings (SSSR count). The highest BCUT2D eigenvalue weighted by Crippen LogP contribution is 2.30. The second-order valence-electron chi connectivity index (χ2n) is 7.07. The van der Waals surface area contributed by atoms with Crippen LogP contribution >= 0.6 is 11.8 Å². The Morgan fingerprint density at radius 1 is 1.33 bits per heavy atom. The third-order valence-corrected chi connectivity index (χ3v) is 4.30. The van der Waals surface area contributed by atoms with Crippen LogP contribution in [-0.2, 0) is 0 Å². The predicted molar refractivity (Wildman–Crippen MR) is 96.0 cm³/mol. The molecule has 0 fully saturated rings. The summed E-state index contributed by atoms with van der Waals surface area (Å²) in [6.07, 6.45) is 1.67. The number of thioether (sulfide) groups is 1. The van der Waals surface area contributed by atoms with Crippen molar-refractivity contribution in [3.05, 3.63) is 35.5 Å². The quantitative estimate of drug-likeness (QED) is 0.809. The van der Waals surface area contributed by atoms with Crippen molar-refractivity contribution in [3.8, 4) is 0 Å². The fourth-order valence-electron chi connectivity index (χ4n) is 2.17. The lowest BCUT2D eigenvalue weighted by Crippen LogP contribution is -2.32. The van der Waals surface area contributed by atoms with E-state index in [4.69, 9.17) is 0 Å². The lowest BCUT2D eigenvalue weighted by atomic mass is 10.0. The number of nitrogens with zero attached hydrogens (tertiary/aromatic N) is 3. The van der Waals surface area contributed by atoms with Gasteiger partial charge >= 0.3 is 0 Å². The topological polar surface area (TPSA) is 83.6 Å². The highest BCUT2D eigenvalue weighted by Gasteiger charge is 2.23. The van der Waals surface area contributed by atoms with Crippen molar-refractivity contribution in [1.82, 2.24) is 25.5 Å².